The fraction of sp³-hybridized carbons (Fsp3) is 0.800. The van der Waals surface area contributed by atoms with E-state index in [4.69, 9.17) is 15.5 Å². The SMILES string of the molecule is CCOC1(c2nc(C3(N)CCCC3)cs2)CCCC1. The molecule has 0 aromatic carbocycles. The van der Waals surface area contributed by atoms with Crippen LogP contribution in [-0.4, -0.2) is 11.6 Å². The fourth-order valence-corrected chi connectivity index (χ4v) is 4.76. The third-order valence-electron chi connectivity index (χ3n) is 4.73. The van der Waals surface area contributed by atoms with Crippen molar-refractivity contribution >= 4 is 11.3 Å². The molecule has 4 heteroatoms. The van der Waals surface area contributed by atoms with Crippen LogP contribution in [0.15, 0.2) is 5.38 Å². The zero-order valence-corrected chi connectivity index (χ0v) is 12.6. The summed E-state index contributed by atoms with van der Waals surface area (Å²) in [6.07, 6.45) is 9.37. The van der Waals surface area contributed by atoms with Crippen LogP contribution < -0.4 is 5.73 Å². The van der Waals surface area contributed by atoms with Gasteiger partial charge < -0.3 is 10.5 Å². The number of hydrogen-bond acceptors (Lipinski definition) is 4. The average molecular weight is 280 g/mol. The summed E-state index contributed by atoms with van der Waals surface area (Å²) in [6.45, 7) is 2.85. The first kappa shape index (κ1) is 13.5. The molecule has 0 spiro atoms. The Morgan fingerprint density at radius 1 is 1.21 bits per heavy atom. The molecule has 2 aliphatic carbocycles. The van der Waals surface area contributed by atoms with E-state index in [1.54, 1.807) is 11.3 Å². The first-order valence-corrected chi connectivity index (χ1v) is 8.46. The van der Waals surface area contributed by atoms with Gasteiger partial charge in [0, 0.05) is 12.0 Å². The van der Waals surface area contributed by atoms with Gasteiger partial charge in [-0.05, 0) is 32.6 Å². The summed E-state index contributed by atoms with van der Waals surface area (Å²) in [5, 5.41) is 3.35. The lowest BCUT2D eigenvalue weighted by molar-refractivity contribution is -0.0392. The van der Waals surface area contributed by atoms with Crippen molar-refractivity contribution in [3.05, 3.63) is 16.1 Å². The van der Waals surface area contributed by atoms with Crippen molar-refractivity contribution in [2.75, 3.05) is 6.61 Å². The summed E-state index contributed by atoms with van der Waals surface area (Å²) in [4.78, 5) is 4.91. The summed E-state index contributed by atoms with van der Waals surface area (Å²) in [5.41, 5.74) is 7.35. The van der Waals surface area contributed by atoms with Crippen LogP contribution in [0.3, 0.4) is 0 Å². The molecule has 0 unspecified atom stereocenters. The highest BCUT2D eigenvalue weighted by Crippen LogP contribution is 2.45. The van der Waals surface area contributed by atoms with Gasteiger partial charge in [-0.15, -0.1) is 11.3 Å². The van der Waals surface area contributed by atoms with Crippen molar-refractivity contribution in [1.82, 2.24) is 4.98 Å². The van der Waals surface area contributed by atoms with Crippen molar-refractivity contribution in [3.8, 4) is 0 Å². The smallest absolute Gasteiger partial charge is 0.125 e. The van der Waals surface area contributed by atoms with E-state index < -0.39 is 0 Å². The Hall–Kier alpha value is -0.450. The third-order valence-corrected chi connectivity index (χ3v) is 5.76. The molecule has 1 aromatic rings. The summed E-state index contributed by atoms with van der Waals surface area (Å²) >= 11 is 1.75. The summed E-state index contributed by atoms with van der Waals surface area (Å²) in [6, 6.07) is 0. The number of ether oxygens (including phenoxy) is 1. The highest BCUT2D eigenvalue weighted by atomic mass is 32.1. The molecule has 2 N–H and O–H groups in total. The van der Waals surface area contributed by atoms with Gasteiger partial charge in [-0.3, -0.25) is 0 Å². The zero-order chi connectivity index (χ0) is 13.3. The molecule has 1 heterocycles. The van der Waals surface area contributed by atoms with E-state index >= 15 is 0 Å². The Bertz CT molecular complexity index is 431. The molecule has 0 saturated heterocycles. The van der Waals surface area contributed by atoms with Gasteiger partial charge in [0.2, 0.25) is 0 Å². The lowest BCUT2D eigenvalue weighted by atomic mass is 9.95. The van der Waals surface area contributed by atoms with Crippen LogP contribution in [0, 0.1) is 0 Å². The van der Waals surface area contributed by atoms with E-state index in [0.717, 1.165) is 38.0 Å². The number of nitrogens with zero attached hydrogens (tertiary/aromatic N) is 1. The molecule has 0 amide bonds. The molecule has 0 radical (unpaired) electrons. The van der Waals surface area contributed by atoms with E-state index in [1.807, 2.05) is 0 Å². The molecule has 19 heavy (non-hydrogen) atoms. The van der Waals surface area contributed by atoms with Gasteiger partial charge >= 0.3 is 0 Å². The maximum atomic E-state index is 6.51. The standard InChI is InChI=1S/C15H24N2OS/c1-2-18-15(9-5-6-10-15)13-17-12(11-19-13)14(16)7-3-4-8-14/h11H,2-10,16H2,1H3. The summed E-state index contributed by atoms with van der Waals surface area (Å²) in [7, 11) is 0. The quantitative estimate of drug-likeness (QED) is 0.915. The molecule has 0 atom stereocenters. The topological polar surface area (TPSA) is 48.1 Å². The van der Waals surface area contributed by atoms with Crippen LogP contribution in [0.4, 0.5) is 0 Å². The Balaban J connectivity index is 1.87. The van der Waals surface area contributed by atoms with Gasteiger partial charge in [0.1, 0.15) is 10.6 Å². The van der Waals surface area contributed by atoms with Crippen molar-refractivity contribution in [2.24, 2.45) is 5.73 Å². The van der Waals surface area contributed by atoms with E-state index in [-0.39, 0.29) is 11.1 Å². The van der Waals surface area contributed by atoms with Gasteiger partial charge in [-0.2, -0.15) is 0 Å². The van der Waals surface area contributed by atoms with Crippen molar-refractivity contribution in [2.45, 2.75) is 69.4 Å². The molecule has 1 aromatic heterocycles. The van der Waals surface area contributed by atoms with Gasteiger partial charge in [-0.25, -0.2) is 4.98 Å². The zero-order valence-electron chi connectivity index (χ0n) is 11.8. The molecular weight excluding hydrogens is 256 g/mol. The van der Waals surface area contributed by atoms with Gasteiger partial charge in [0.25, 0.3) is 0 Å². The van der Waals surface area contributed by atoms with Gasteiger partial charge in [-0.1, -0.05) is 25.7 Å². The molecule has 2 saturated carbocycles. The second-order valence-electron chi connectivity index (χ2n) is 6.04. The first-order valence-electron chi connectivity index (χ1n) is 7.58. The largest absolute Gasteiger partial charge is 0.368 e. The number of nitrogens with two attached hydrogens (primary N) is 1. The highest BCUT2D eigenvalue weighted by Gasteiger charge is 2.41. The number of thiazole rings is 1. The minimum absolute atomic E-state index is 0.105. The van der Waals surface area contributed by atoms with Crippen LogP contribution in [0.2, 0.25) is 0 Å². The molecule has 0 aliphatic heterocycles. The van der Waals surface area contributed by atoms with Crippen LogP contribution in [0.1, 0.15) is 69.0 Å². The molecule has 2 aliphatic rings. The van der Waals surface area contributed by atoms with E-state index in [0.29, 0.717) is 0 Å². The average Bonchev–Trinajstić information content (AvgIpc) is 3.07. The Morgan fingerprint density at radius 3 is 2.47 bits per heavy atom. The Labute approximate surface area is 119 Å². The van der Waals surface area contributed by atoms with E-state index in [2.05, 4.69) is 12.3 Å². The predicted molar refractivity (Wildman–Crippen MR) is 78.2 cm³/mol. The van der Waals surface area contributed by atoms with Crippen molar-refractivity contribution in [3.63, 3.8) is 0 Å². The van der Waals surface area contributed by atoms with E-state index in [9.17, 15) is 0 Å². The normalized spacial score (nSPS) is 24.9. The Morgan fingerprint density at radius 2 is 1.84 bits per heavy atom. The van der Waals surface area contributed by atoms with E-state index in [1.165, 1.54) is 30.7 Å². The number of hydrogen-bond donors (Lipinski definition) is 1. The second-order valence-corrected chi connectivity index (χ2v) is 6.89. The molecule has 106 valence electrons. The number of aromatic nitrogens is 1. The lowest BCUT2D eigenvalue weighted by Gasteiger charge is -2.27. The van der Waals surface area contributed by atoms with Crippen LogP contribution in [0.25, 0.3) is 0 Å². The van der Waals surface area contributed by atoms with Gasteiger partial charge in [0.15, 0.2) is 0 Å². The maximum absolute atomic E-state index is 6.51. The molecular formula is C15H24N2OS. The highest BCUT2D eigenvalue weighted by molar-refractivity contribution is 7.09. The van der Waals surface area contributed by atoms with Crippen molar-refractivity contribution in [1.29, 1.82) is 0 Å². The van der Waals surface area contributed by atoms with Crippen LogP contribution in [0.5, 0.6) is 0 Å². The van der Waals surface area contributed by atoms with Crippen molar-refractivity contribution < 1.29 is 4.74 Å². The monoisotopic (exact) mass is 280 g/mol. The molecule has 3 rings (SSSR count). The summed E-state index contributed by atoms with van der Waals surface area (Å²) in [5.74, 6) is 0. The second kappa shape index (κ2) is 5.15. The van der Waals surface area contributed by atoms with Crippen LogP contribution in [-0.2, 0) is 15.9 Å². The lowest BCUT2D eigenvalue weighted by Crippen LogP contribution is -2.34. The number of rotatable bonds is 4. The molecule has 0 bridgehead atoms. The summed E-state index contributed by atoms with van der Waals surface area (Å²) < 4.78 is 6.09. The maximum Gasteiger partial charge on any atom is 0.125 e. The minimum atomic E-state index is -0.166. The Kier molecular flexibility index (Phi) is 3.67. The third kappa shape index (κ3) is 2.34. The van der Waals surface area contributed by atoms with Gasteiger partial charge in [0.05, 0.1) is 11.2 Å². The predicted octanol–water partition coefficient (Wildman–Crippen LogP) is 3.68. The first-order chi connectivity index (χ1) is 9.19. The van der Waals surface area contributed by atoms with Crippen LogP contribution >= 0.6 is 11.3 Å². The molecule has 3 nitrogen and oxygen atoms in total. The molecule has 2 fully saturated rings. The fourth-order valence-electron chi connectivity index (χ4n) is 3.62. The minimum Gasteiger partial charge on any atom is -0.368 e.